The minimum absolute atomic E-state index is 0.00163. The van der Waals surface area contributed by atoms with Crippen molar-refractivity contribution >= 4 is 57.5 Å². The summed E-state index contributed by atoms with van der Waals surface area (Å²) in [5.74, 6) is -0.888. The molecule has 6 nitrogen and oxygen atoms in total. The SMILES string of the molecule is O=C1C(=C2Sc3c(c(O)c4ccccc4c3O)S2)C(=O)N(c2ccccc2)N1c1ccccc1. The number of hydrogen-bond acceptors (Lipinski definition) is 6. The van der Waals surface area contributed by atoms with Crippen molar-refractivity contribution < 1.29 is 19.8 Å². The second-order valence-corrected chi connectivity index (χ2v) is 9.97. The number of nitrogens with zero attached hydrogens (tertiary/aromatic N) is 2. The van der Waals surface area contributed by atoms with Gasteiger partial charge in [-0.05, 0) is 24.3 Å². The number of fused-ring (bicyclic) bond motifs is 2. The molecule has 4 aromatic carbocycles. The van der Waals surface area contributed by atoms with Crippen molar-refractivity contribution in [1.82, 2.24) is 0 Å². The highest BCUT2D eigenvalue weighted by Gasteiger charge is 2.46. The van der Waals surface area contributed by atoms with Gasteiger partial charge in [0.15, 0.2) is 0 Å². The van der Waals surface area contributed by atoms with E-state index in [1.807, 2.05) is 12.1 Å². The summed E-state index contributed by atoms with van der Waals surface area (Å²) in [6.45, 7) is 0. The summed E-state index contributed by atoms with van der Waals surface area (Å²) in [4.78, 5) is 28.3. The van der Waals surface area contributed by atoms with E-state index in [0.717, 1.165) is 23.5 Å². The van der Waals surface area contributed by atoms with Gasteiger partial charge in [0.1, 0.15) is 17.1 Å². The molecule has 4 aromatic rings. The van der Waals surface area contributed by atoms with Crippen LogP contribution in [0, 0.1) is 0 Å². The molecule has 0 atom stereocenters. The van der Waals surface area contributed by atoms with Gasteiger partial charge >= 0.3 is 0 Å². The molecule has 0 spiro atoms. The van der Waals surface area contributed by atoms with Gasteiger partial charge in [-0.2, -0.15) is 0 Å². The Morgan fingerprint density at radius 3 is 1.35 bits per heavy atom. The van der Waals surface area contributed by atoms with E-state index >= 15 is 0 Å². The summed E-state index contributed by atoms with van der Waals surface area (Å²) >= 11 is 2.26. The average molecular weight is 485 g/mol. The van der Waals surface area contributed by atoms with Gasteiger partial charge in [-0.15, -0.1) is 0 Å². The fourth-order valence-corrected chi connectivity index (χ4v) is 6.75. The normalized spacial score (nSPS) is 15.5. The lowest BCUT2D eigenvalue weighted by molar-refractivity contribution is -0.116. The molecule has 2 aliphatic rings. The van der Waals surface area contributed by atoms with Crippen molar-refractivity contribution in [1.29, 1.82) is 0 Å². The monoisotopic (exact) mass is 484 g/mol. The second-order valence-electron chi connectivity index (χ2n) is 7.67. The number of para-hydroxylation sites is 2. The predicted octanol–water partition coefficient (Wildman–Crippen LogP) is 5.66. The van der Waals surface area contributed by atoms with E-state index < -0.39 is 11.8 Å². The third-order valence-corrected chi connectivity index (χ3v) is 8.29. The van der Waals surface area contributed by atoms with E-state index in [1.165, 1.54) is 10.0 Å². The zero-order valence-corrected chi connectivity index (χ0v) is 19.1. The summed E-state index contributed by atoms with van der Waals surface area (Å²) in [6.07, 6.45) is 0. The van der Waals surface area contributed by atoms with Crippen LogP contribution in [0.5, 0.6) is 11.5 Å². The molecule has 0 radical (unpaired) electrons. The van der Waals surface area contributed by atoms with E-state index in [-0.39, 0.29) is 17.1 Å². The van der Waals surface area contributed by atoms with Gasteiger partial charge < -0.3 is 10.2 Å². The van der Waals surface area contributed by atoms with E-state index in [9.17, 15) is 19.8 Å². The number of amides is 2. The molecule has 8 heteroatoms. The molecule has 2 aliphatic heterocycles. The summed E-state index contributed by atoms with van der Waals surface area (Å²) in [6, 6.07) is 25.0. The van der Waals surface area contributed by atoms with Gasteiger partial charge in [0, 0.05) is 10.8 Å². The summed E-state index contributed by atoms with van der Waals surface area (Å²) in [7, 11) is 0. The van der Waals surface area contributed by atoms with Gasteiger partial charge in [0.25, 0.3) is 11.8 Å². The third-order valence-electron chi connectivity index (χ3n) is 5.68. The second kappa shape index (κ2) is 7.86. The molecule has 0 aromatic heterocycles. The number of aromatic hydroxyl groups is 2. The Hall–Kier alpha value is -3.88. The molecule has 2 N–H and O–H groups in total. The minimum atomic E-state index is -0.466. The zero-order valence-electron chi connectivity index (χ0n) is 17.5. The number of hydrogen-bond donors (Lipinski definition) is 2. The molecule has 0 bridgehead atoms. The Bertz CT molecular complexity index is 1410. The number of carbonyl (C=O) groups excluding carboxylic acids is 2. The van der Waals surface area contributed by atoms with Crippen LogP contribution in [-0.4, -0.2) is 22.0 Å². The molecule has 6 rings (SSSR count). The first-order chi connectivity index (χ1) is 16.6. The summed E-state index contributed by atoms with van der Waals surface area (Å²) < 4.78 is 0.422. The third kappa shape index (κ3) is 2.99. The first-order valence-electron chi connectivity index (χ1n) is 10.4. The Morgan fingerprint density at radius 2 is 0.941 bits per heavy atom. The van der Waals surface area contributed by atoms with Crippen LogP contribution in [-0.2, 0) is 9.59 Å². The lowest BCUT2D eigenvalue weighted by atomic mass is 10.1. The Morgan fingerprint density at radius 1 is 0.559 bits per heavy atom. The first kappa shape index (κ1) is 20.7. The Kier molecular flexibility index (Phi) is 4.79. The molecule has 166 valence electrons. The van der Waals surface area contributed by atoms with Crippen molar-refractivity contribution in [3.63, 3.8) is 0 Å². The van der Waals surface area contributed by atoms with E-state index in [0.29, 0.717) is 36.2 Å². The molecule has 2 heterocycles. The average Bonchev–Trinajstić information content (AvgIpc) is 3.42. The summed E-state index contributed by atoms with van der Waals surface area (Å²) in [5.41, 5.74) is 1.12. The van der Waals surface area contributed by atoms with E-state index in [1.54, 1.807) is 72.8 Å². The van der Waals surface area contributed by atoms with Crippen molar-refractivity contribution in [2.75, 3.05) is 10.0 Å². The predicted molar refractivity (Wildman–Crippen MR) is 134 cm³/mol. The number of rotatable bonds is 2. The smallest absolute Gasteiger partial charge is 0.284 e. The molecule has 1 saturated heterocycles. The quantitative estimate of drug-likeness (QED) is 0.217. The zero-order chi connectivity index (χ0) is 23.4. The Balaban J connectivity index is 1.52. The van der Waals surface area contributed by atoms with Crippen LogP contribution in [0.25, 0.3) is 10.8 Å². The fourth-order valence-electron chi connectivity index (χ4n) is 4.12. The van der Waals surface area contributed by atoms with E-state index in [4.69, 9.17) is 0 Å². The maximum absolute atomic E-state index is 13.7. The topological polar surface area (TPSA) is 81.1 Å². The van der Waals surface area contributed by atoms with Crippen molar-refractivity contribution in [2.45, 2.75) is 9.79 Å². The van der Waals surface area contributed by atoms with Crippen molar-refractivity contribution in [3.05, 3.63) is 94.7 Å². The first-order valence-corrected chi connectivity index (χ1v) is 12.0. The van der Waals surface area contributed by atoms with Crippen LogP contribution in [0.4, 0.5) is 11.4 Å². The lowest BCUT2D eigenvalue weighted by Gasteiger charge is -2.27. The lowest BCUT2D eigenvalue weighted by Crippen LogP contribution is -2.41. The van der Waals surface area contributed by atoms with Crippen LogP contribution < -0.4 is 10.0 Å². The van der Waals surface area contributed by atoms with Gasteiger partial charge in [-0.1, -0.05) is 84.2 Å². The number of thioether (sulfide) groups is 2. The van der Waals surface area contributed by atoms with Crippen LogP contribution in [0.15, 0.2) is 105 Å². The molecule has 0 aliphatic carbocycles. The van der Waals surface area contributed by atoms with Crippen molar-refractivity contribution in [2.24, 2.45) is 0 Å². The molecule has 2 amide bonds. The molecule has 0 saturated carbocycles. The van der Waals surface area contributed by atoms with Gasteiger partial charge in [0.05, 0.1) is 25.4 Å². The summed E-state index contributed by atoms with van der Waals surface area (Å²) in [5, 5.41) is 25.5. The Labute approximate surface area is 203 Å². The maximum Gasteiger partial charge on any atom is 0.284 e. The number of phenols is 2. The van der Waals surface area contributed by atoms with E-state index in [2.05, 4.69) is 0 Å². The van der Waals surface area contributed by atoms with Gasteiger partial charge in [-0.25, -0.2) is 10.0 Å². The molecule has 0 unspecified atom stereocenters. The number of benzene rings is 4. The highest BCUT2D eigenvalue weighted by Crippen LogP contribution is 2.61. The van der Waals surface area contributed by atoms with Crippen LogP contribution >= 0.6 is 23.5 Å². The van der Waals surface area contributed by atoms with Crippen molar-refractivity contribution in [3.8, 4) is 11.5 Å². The molecule has 34 heavy (non-hydrogen) atoms. The maximum atomic E-state index is 13.7. The molecular formula is C26H16N2O4S2. The highest BCUT2D eigenvalue weighted by atomic mass is 32.2. The molecular weight excluding hydrogens is 468 g/mol. The minimum Gasteiger partial charge on any atom is -0.506 e. The largest absolute Gasteiger partial charge is 0.506 e. The molecule has 1 fully saturated rings. The fraction of sp³-hybridized carbons (Fsp3) is 0. The standard InChI is InChI=1S/C26H16N2O4S2/c29-20-17-13-7-8-14-18(17)21(30)23-22(20)33-26(34-23)19-24(31)27(15-9-3-1-4-10-15)28(25(19)32)16-11-5-2-6-12-16/h1-14,29-30H. The highest BCUT2D eigenvalue weighted by molar-refractivity contribution is 8.25. The number of anilines is 2. The van der Waals surface area contributed by atoms with Crippen LogP contribution in [0.3, 0.4) is 0 Å². The van der Waals surface area contributed by atoms with Crippen LogP contribution in [0.2, 0.25) is 0 Å². The van der Waals surface area contributed by atoms with Gasteiger partial charge in [-0.3, -0.25) is 9.59 Å². The number of phenolic OH excluding ortho intramolecular Hbond substituents is 2. The van der Waals surface area contributed by atoms with Crippen LogP contribution in [0.1, 0.15) is 0 Å². The van der Waals surface area contributed by atoms with Gasteiger partial charge in [0.2, 0.25) is 0 Å². The number of carbonyl (C=O) groups is 2. The number of hydrazine groups is 1.